The predicted octanol–water partition coefficient (Wildman–Crippen LogP) is 2.16. The normalized spacial score (nSPS) is 10.7. The van der Waals surface area contributed by atoms with E-state index in [4.69, 9.17) is 22.4 Å². The van der Waals surface area contributed by atoms with E-state index in [-0.39, 0.29) is 16.3 Å². The van der Waals surface area contributed by atoms with Crippen LogP contribution in [0, 0.1) is 5.82 Å². The van der Waals surface area contributed by atoms with Crippen LogP contribution in [0.15, 0.2) is 18.2 Å². The van der Waals surface area contributed by atoms with E-state index in [0.717, 1.165) is 12.1 Å². The van der Waals surface area contributed by atoms with Gasteiger partial charge in [0.2, 0.25) is 0 Å². The van der Waals surface area contributed by atoms with Crippen LogP contribution in [-0.2, 0) is 4.79 Å². The number of halogens is 2. The van der Waals surface area contributed by atoms with Gasteiger partial charge in [-0.25, -0.2) is 9.18 Å². The largest absolute Gasteiger partial charge is 0.478 e. The van der Waals surface area contributed by atoms with Gasteiger partial charge in [-0.2, -0.15) is 0 Å². The maximum Gasteiger partial charge on any atom is 0.328 e. The molecular weight excluding hydrogens is 209 g/mol. The van der Waals surface area contributed by atoms with Crippen molar-refractivity contribution in [3.63, 3.8) is 0 Å². The van der Waals surface area contributed by atoms with Gasteiger partial charge in [0.25, 0.3) is 0 Å². The molecule has 3 nitrogen and oxygen atoms in total. The summed E-state index contributed by atoms with van der Waals surface area (Å²) in [6.07, 6.45) is 2.07. The average molecular weight is 216 g/mol. The van der Waals surface area contributed by atoms with Crippen LogP contribution in [0.1, 0.15) is 5.56 Å². The Morgan fingerprint density at radius 3 is 2.79 bits per heavy atom. The van der Waals surface area contributed by atoms with Gasteiger partial charge in [-0.05, 0) is 23.8 Å². The van der Waals surface area contributed by atoms with Crippen molar-refractivity contribution < 1.29 is 14.3 Å². The van der Waals surface area contributed by atoms with Gasteiger partial charge < -0.3 is 10.8 Å². The number of rotatable bonds is 2. The van der Waals surface area contributed by atoms with Crippen LogP contribution in [0.25, 0.3) is 6.08 Å². The molecule has 0 aliphatic carbocycles. The predicted molar refractivity (Wildman–Crippen MR) is 52.5 cm³/mol. The summed E-state index contributed by atoms with van der Waals surface area (Å²) in [4.78, 5) is 10.2. The number of carboxylic acids is 1. The zero-order valence-electron chi connectivity index (χ0n) is 7.00. The molecule has 0 saturated carbocycles. The van der Waals surface area contributed by atoms with Crippen LogP contribution in [0.2, 0.25) is 5.02 Å². The Balaban J connectivity index is 3.10. The molecule has 0 aromatic heterocycles. The van der Waals surface area contributed by atoms with Gasteiger partial charge in [0.1, 0.15) is 5.82 Å². The molecule has 14 heavy (non-hydrogen) atoms. The molecule has 0 radical (unpaired) electrons. The Morgan fingerprint density at radius 1 is 1.57 bits per heavy atom. The molecular formula is C9H7ClFNO2. The van der Waals surface area contributed by atoms with Crippen molar-refractivity contribution in [3.05, 3.63) is 34.6 Å². The molecule has 0 heterocycles. The fourth-order valence-electron chi connectivity index (χ4n) is 0.866. The van der Waals surface area contributed by atoms with E-state index in [1.165, 1.54) is 12.1 Å². The number of carbonyl (C=O) groups is 1. The van der Waals surface area contributed by atoms with Crippen molar-refractivity contribution in [2.45, 2.75) is 0 Å². The van der Waals surface area contributed by atoms with Gasteiger partial charge in [0, 0.05) is 6.08 Å². The molecule has 0 amide bonds. The molecule has 5 heteroatoms. The second kappa shape index (κ2) is 4.11. The highest BCUT2D eigenvalue weighted by Gasteiger charge is 2.03. The van der Waals surface area contributed by atoms with Crippen LogP contribution in [-0.4, -0.2) is 11.1 Å². The second-order valence-corrected chi connectivity index (χ2v) is 2.97. The minimum absolute atomic E-state index is 0.0672. The first kappa shape index (κ1) is 10.5. The Labute approximate surface area is 84.6 Å². The third-order valence-corrected chi connectivity index (χ3v) is 1.85. The second-order valence-electron chi connectivity index (χ2n) is 2.57. The molecule has 0 atom stereocenters. The number of nitrogens with two attached hydrogens (primary N) is 1. The maximum absolute atomic E-state index is 12.9. The molecule has 0 unspecified atom stereocenters. The lowest BCUT2D eigenvalue weighted by Crippen LogP contribution is -1.92. The molecule has 3 N–H and O–H groups in total. The fourth-order valence-corrected chi connectivity index (χ4v) is 1.10. The quantitative estimate of drug-likeness (QED) is 0.587. The Kier molecular flexibility index (Phi) is 3.09. The lowest BCUT2D eigenvalue weighted by molar-refractivity contribution is -0.131. The summed E-state index contributed by atoms with van der Waals surface area (Å²) in [7, 11) is 0. The summed E-state index contributed by atoms with van der Waals surface area (Å²) in [5.74, 6) is -1.75. The van der Waals surface area contributed by atoms with Crippen molar-refractivity contribution in [2.75, 3.05) is 5.73 Å². The van der Waals surface area contributed by atoms with E-state index in [1.54, 1.807) is 0 Å². The average Bonchev–Trinajstić information content (AvgIpc) is 2.09. The minimum atomic E-state index is -1.13. The Hall–Kier alpha value is -1.55. The number of carboxylic acid groups (broad SMARTS) is 1. The number of anilines is 1. The van der Waals surface area contributed by atoms with Crippen LogP contribution < -0.4 is 5.73 Å². The Morgan fingerprint density at radius 2 is 2.21 bits per heavy atom. The van der Waals surface area contributed by atoms with Gasteiger partial charge in [-0.15, -0.1) is 0 Å². The van der Waals surface area contributed by atoms with Crippen molar-refractivity contribution in [3.8, 4) is 0 Å². The highest BCUT2D eigenvalue weighted by atomic mass is 35.5. The number of aliphatic carboxylic acids is 1. The van der Waals surface area contributed by atoms with Gasteiger partial charge in [-0.3, -0.25) is 0 Å². The fraction of sp³-hybridized carbons (Fsp3) is 0. The standard InChI is InChI=1S/C9H7ClFNO2/c10-6-4-8(12)7(11)3-5(6)1-2-9(13)14/h1-4H,12H2,(H,13,14). The van der Waals surface area contributed by atoms with Crippen molar-refractivity contribution in [2.24, 2.45) is 0 Å². The van der Waals surface area contributed by atoms with Crippen molar-refractivity contribution in [1.29, 1.82) is 0 Å². The van der Waals surface area contributed by atoms with Gasteiger partial charge in [-0.1, -0.05) is 11.6 Å². The molecule has 1 aromatic carbocycles. The van der Waals surface area contributed by atoms with Crippen molar-refractivity contribution >= 4 is 29.3 Å². The third kappa shape index (κ3) is 2.47. The van der Waals surface area contributed by atoms with Gasteiger partial charge in [0.15, 0.2) is 0 Å². The first-order valence-corrected chi connectivity index (χ1v) is 4.04. The summed E-state index contributed by atoms with van der Waals surface area (Å²) in [6, 6.07) is 2.31. The summed E-state index contributed by atoms with van der Waals surface area (Å²) in [5, 5.41) is 8.55. The van der Waals surface area contributed by atoms with E-state index in [0.29, 0.717) is 0 Å². The molecule has 0 aliphatic heterocycles. The van der Waals surface area contributed by atoms with E-state index >= 15 is 0 Å². The zero-order chi connectivity index (χ0) is 10.7. The van der Waals surface area contributed by atoms with Crippen LogP contribution in [0.5, 0.6) is 0 Å². The summed E-state index contributed by atoms with van der Waals surface area (Å²) < 4.78 is 12.9. The minimum Gasteiger partial charge on any atom is -0.478 e. The monoisotopic (exact) mass is 215 g/mol. The van der Waals surface area contributed by atoms with E-state index in [1.807, 2.05) is 0 Å². The van der Waals surface area contributed by atoms with Crippen molar-refractivity contribution in [1.82, 2.24) is 0 Å². The number of benzene rings is 1. The molecule has 1 aromatic rings. The molecule has 74 valence electrons. The zero-order valence-corrected chi connectivity index (χ0v) is 7.75. The lowest BCUT2D eigenvalue weighted by Gasteiger charge is -2.01. The molecule has 0 aliphatic rings. The van der Waals surface area contributed by atoms with Crippen LogP contribution in [0.4, 0.5) is 10.1 Å². The first-order chi connectivity index (χ1) is 6.50. The summed E-state index contributed by atoms with van der Waals surface area (Å²) >= 11 is 5.69. The first-order valence-electron chi connectivity index (χ1n) is 3.66. The van der Waals surface area contributed by atoms with Gasteiger partial charge >= 0.3 is 5.97 Å². The lowest BCUT2D eigenvalue weighted by atomic mass is 10.2. The molecule has 0 bridgehead atoms. The molecule has 0 spiro atoms. The third-order valence-electron chi connectivity index (χ3n) is 1.52. The van der Waals surface area contributed by atoms with E-state index in [9.17, 15) is 9.18 Å². The smallest absolute Gasteiger partial charge is 0.328 e. The Bertz CT molecular complexity index is 404. The highest BCUT2D eigenvalue weighted by Crippen LogP contribution is 2.23. The number of hydrogen-bond acceptors (Lipinski definition) is 2. The van der Waals surface area contributed by atoms with Gasteiger partial charge in [0.05, 0.1) is 10.7 Å². The highest BCUT2D eigenvalue weighted by molar-refractivity contribution is 6.32. The molecule has 0 saturated heterocycles. The number of hydrogen-bond donors (Lipinski definition) is 2. The summed E-state index contributed by atoms with van der Waals surface area (Å²) in [6.45, 7) is 0. The topological polar surface area (TPSA) is 63.3 Å². The molecule has 1 rings (SSSR count). The van der Waals surface area contributed by atoms with E-state index < -0.39 is 11.8 Å². The van der Waals surface area contributed by atoms with E-state index in [2.05, 4.69) is 0 Å². The number of nitrogen functional groups attached to an aromatic ring is 1. The van der Waals surface area contributed by atoms with Crippen LogP contribution >= 0.6 is 11.6 Å². The summed E-state index contributed by atoms with van der Waals surface area (Å²) in [5.41, 5.74) is 5.46. The molecule has 0 fully saturated rings. The SMILES string of the molecule is Nc1cc(Cl)c(C=CC(=O)O)cc1F. The van der Waals surface area contributed by atoms with Crippen LogP contribution in [0.3, 0.4) is 0 Å². The maximum atomic E-state index is 12.9.